The number of nitriles is 1. The van der Waals surface area contributed by atoms with Gasteiger partial charge in [-0.2, -0.15) is 5.26 Å². The summed E-state index contributed by atoms with van der Waals surface area (Å²) in [6.07, 6.45) is 9.17. The number of carbonyl (C=O) groups excluding carboxylic acids is 1. The number of carbonyl (C=O) groups is 1. The van der Waals surface area contributed by atoms with E-state index in [1.165, 1.54) is 12.8 Å². The zero-order valence-corrected chi connectivity index (χ0v) is 14.5. The summed E-state index contributed by atoms with van der Waals surface area (Å²) in [5.41, 5.74) is -0.0971. The van der Waals surface area contributed by atoms with Crippen LogP contribution in [0.1, 0.15) is 58.8 Å². The lowest BCUT2D eigenvalue weighted by molar-refractivity contribution is -0.144. The van der Waals surface area contributed by atoms with E-state index in [1.807, 2.05) is 6.26 Å². The van der Waals surface area contributed by atoms with E-state index in [0.29, 0.717) is 11.8 Å². The Bertz CT molecular complexity index is 413. The third-order valence-corrected chi connectivity index (χ3v) is 6.55. The molecule has 0 radical (unpaired) electrons. The summed E-state index contributed by atoms with van der Waals surface area (Å²) in [5.74, 6) is 0.947. The van der Waals surface area contributed by atoms with Gasteiger partial charge in [0, 0.05) is 18.5 Å². The number of hydrogen-bond acceptors (Lipinski definition) is 3. The quantitative estimate of drug-likeness (QED) is 0.792. The number of rotatable bonds is 4. The van der Waals surface area contributed by atoms with Gasteiger partial charge in [-0.15, -0.1) is 11.8 Å². The van der Waals surface area contributed by atoms with E-state index in [9.17, 15) is 10.1 Å². The second-order valence-electron chi connectivity index (χ2n) is 7.19. The first-order valence-corrected chi connectivity index (χ1v) is 9.45. The molecule has 0 atom stereocenters. The van der Waals surface area contributed by atoms with E-state index in [-0.39, 0.29) is 10.2 Å². The van der Waals surface area contributed by atoms with Crippen LogP contribution in [0.4, 0.5) is 0 Å². The lowest BCUT2D eigenvalue weighted by atomic mass is 9.76. The molecule has 3 nitrogen and oxygen atoms in total. The Labute approximate surface area is 133 Å². The monoisotopic (exact) mass is 308 g/mol. The molecular formula is C17H28N2OS. The van der Waals surface area contributed by atoms with Crippen LogP contribution in [0.15, 0.2) is 0 Å². The number of likely N-dealkylation sites (tertiary alicyclic amines) is 1. The SMILES string of the molecule is CSC1(C#N)CCN(C(=O)C2(CC(C)C)CCCC2)CC1. The van der Waals surface area contributed by atoms with Gasteiger partial charge in [-0.05, 0) is 44.3 Å². The Morgan fingerprint density at radius 3 is 2.24 bits per heavy atom. The number of nitrogens with zero attached hydrogens (tertiary/aromatic N) is 2. The maximum absolute atomic E-state index is 13.1. The molecule has 2 fully saturated rings. The maximum atomic E-state index is 13.1. The molecule has 0 aromatic heterocycles. The first-order valence-electron chi connectivity index (χ1n) is 8.23. The van der Waals surface area contributed by atoms with Crippen LogP contribution in [0.3, 0.4) is 0 Å². The molecule has 0 aromatic rings. The number of amides is 1. The molecule has 1 heterocycles. The van der Waals surface area contributed by atoms with E-state index < -0.39 is 0 Å². The summed E-state index contributed by atoms with van der Waals surface area (Å²) in [6.45, 7) is 5.95. The topological polar surface area (TPSA) is 44.1 Å². The van der Waals surface area contributed by atoms with Crippen molar-refractivity contribution in [3.05, 3.63) is 0 Å². The van der Waals surface area contributed by atoms with Crippen molar-refractivity contribution in [1.82, 2.24) is 4.90 Å². The third-order valence-electron chi connectivity index (χ3n) is 5.27. The summed E-state index contributed by atoms with van der Waals surface area (Å²) in [6, 6.07) is 2.46. The molecule has 118 valence electrons. The smallest absolute Gasteiger partial charge is 0.228 e. The van der Waals surface area contributed by atoms with Gasteiger partial charge in [-0.3, -0.25) is 4.79 Å². The van der Waals surface area contributed by atoms with Crippen molar-refractivity contribution in [3.63, 3.8) is 0 Å². The summed E-state index contributed by atoms with van der Waals surface area (Å²) in [4.78, 5) is 15.1. The molecule has 1 aliphatic carbocycles. The number of hydrogen-bond donors (Lipinski definition) is 0. The Hall–Kier alpha value is -0.690. The lowest BCUT2D eigenvalue weighted by Gasteiger charge is -2.41. The fourth-order valence-corrected chi connectivity index (χ4v) is 4.79. The molecule has 4 heteroatoms. The van der Waals surface area contributed by atoms with Crippen LogP contribution >= 0.6 is 11.8 Å². The molecule has 2 aliphatic rings. The van der Waals surface area contributed by atoms with Crippen molar-refractivity contribution < 1.29 is 4.79 Å². The predicted molar refractivity (Wildman–Crippen MR) is 88.0 cm³/mol. The molecule has 1 amide bonds. The van der Waals surface area contributed by atoms with Gasteiger partial charge in [0.25, 0.3) is 0 Å². The van der Waals surface area contributed by atoms with Gasteiger partial charge in [0.15, 0.2) is 0 Å². The van der Waals surface area contributed by atoms with Gasteiger partial charge in [0.1, 0.15) is 4.75 Å². The minimum Gasteiger partial charge on any atom is -0.342 e. The molecule has 0 unspecified atom stereocenters. The second-order valence-corrected chi connectivity index (χ2v) is 8.38. The fourth-order valence-electron chi connectivity index (χ4n) is 4.11. The van der Waals surface area contributed by atoms with Crippen LogP contribution in [0.2, 0.25) is 0 Å². The van der Waals surface area contributed by atoms with Crippen molar-refractivity contribution in [2.24, 2.45) is 11.3 Å². The van der Waals surface area contributed by atoms with Crippen LogP contribution in [0, 0.1) is 22.7 Å². The van der Waals surface area contributed by atoms with E-state index in [1.54, 1.807) is 11.8 Å². The van der Waals surface area contributed by atoms with Crippen molar-refractivity contribution >= 4 is 17.7 Å². The second kappa shape index (κ2) is 6.60. The number of piperidine rings is 1. The van der Waals surface area contributed by atoms with Crippen LogP contribution in [-0.2, 0) is 4.79 Å². The standard InChI is InChI=1S/C17H28N2OS/c1-14(2)12-16(6-4-5-7-16)15(20)19-10-8-17(13-18,21-3)9-11-19/h14H,4-12H2,1-3H3. The van der Waals surface area contributed by atoms with E-state index in [4.69, 9.17) is 0 Å². The lowest BCUT2D eigenvalue weighted by Crippen LogP contribution is -2.50. The summed E-state index contributed by atoms with van der Waals surface area (Å²) in [5, 5.41) is 9.37. The first kappa shape index (κ1) is 16.7. The predicted octanol–water partition coefficient (Wildman–Crippen LogP) is 3.84. The zero-order chi connectivity index (χ0) is 15.5. The maximum Gasteiger partial charge on any atom is 0.228 e. The van der Waals surface area contributed by atoms with Gasteiger partial charge in [-0.25, -0.2) is 0 Å². The normalized spacial score (nSPS) is 24.0. The minimum absolute atomic E-state index is 0.0971. The minimum atomic E-state index is -0.266. The van der Waals surface area contributed by atoms with Crippen LogP contribution in [-0.4, -0.2) is 34.9 Å². The molecule has 1 saturated heterocycles. The zero-order valence-electron chi connectivity index (χ0n) is 13.7. The Balaban J connectivity index is 2.05. The molecule has 2 rings (SSSR count). The Morgan fingerprint density at radius 1 is 1.24 bits per heavy atom. The van der Waals surface area contributed by atoms with Gasteiger partial charge in [0.05, 0.1) is 6.07 Å². The first-order chi connectivity index (χ1) is 9.97. The molecule has 1 saturated carbocycles. The molecule has 0 spiro atoms. The van der Waals surface area contributed by atoms with Crippen molar-refractivity contribution in [1.29, 1.82) is 5.26 Å². The summed E-state index contributed by atoms with van der Waals surface area (Å²) in [7, 11) is 0. The average Bonchev–Trinajstić information content (AvgIpc) is 2.95. The van der Waals surface area contributed by atoms with Gasteiger partial charge < -0.3 is 4.90 Å². The fraction of sp³-hybridized carbons (Fsp3) is 0.882. The van der Waals surface area contributed by atoms with Crippen molar-refractivity contribution in [2.45, 2.75) is 63.5 Å². The number of thioether (sulfide) groups is 1. The molecule has 1 aliphatic heterocycles. The molecule has 0 aromatic carbocycles. The largest absolute Gasteiger partial charge is 0.342 e. The summed E-state index contributed by atoms with van der Waals surface area (Å²) < 4.78 is -0.266. The summed E-state index contributed by atoms with van der Waals surface area (Å²) >= 11 is 1.65. The van der Waals surface area contributed by atoms with Crippen molar-refractivity contribution in [3.8, 4) is 6.07 Å². The highest BCUT2D eigenvalue weighted by atomic mass is 32.2. The highest BCUT2D eigenvalue weighted by Gasteiger charge is 2.45. The van der Waals surface area contributed by atoms with Crippen LogP contribution in [0.5, 0.6) is 0 Å². The van der Waals surface area contributed by atoms with Crippen molar-refractivity contribution in [2.75, 3.05) is 19.3 Å². The highest BCUT2D eigenvalue weighted by Crippen LogP contribution is 2.45. The van der Waals surface area contributed by atoms with Gasteiger partial charge >= 0.3 is 0 Å². The molecule has 0 N–H and O–H groups in total. The molecular weight excluding hydrogens is 280 g/mol. The van der Waals surface area contributed by atoms with Crippen LogP contribution in [0.25, 0.3) is 0 Å². The average molecular weight is 308 g/mol. The van der Waals surface area contributed by atoms with Gasteiger partial charge in [-0.1, -0.05) is 26.7 Å². The van der Waals surface area contributed by atoms with E-state index >= 15 is 0 Å². The molecule has 21 heavy (non-hydrogen) atoms. The van der Waals surface area contributed by atoms with E-state index in [2.05, 4.69) is 24.8 Å². The van der Waals surface area contributed by atoms with Crippen LogP contribution < -0.4 is 0 Å². The molecule has 0 bridgehead atoms. The highest BCUT2D eigenvalue weighted by molar-refractivity contribution is 8.00. The van der Waals surface area contributed by atoms with Gasteiger partial charge in [0.2, 0.25) is 5.91 Å². The van der Waals surface area contributed by atoms with E-state index in [0.717, 1.165) is 45.2 Å². The Morgan fingerprint density at radius 2 is 1.81 bits per heavy atom. The third kappa shape index (κ3) is 3.39. The Kier molecular flexibility index (Phi) is 5.24.